The lowest BCUT2D eigenvalue weighted by Gasteiger charge is -2.38. The first-order valence-electron chi connectivity index (χ1n) is 8.89. The molecule has 5 heteroatoms. The minimum absolute atomic E-state index is 0.0858. The molecule has 0 spiro atoms. The summed E-state index contributed by atoms with van der Waals surface area (Å²) >= 11 is 0. The molecule has 24 heavy (non-hydrogen) atoms. The normalized spacial score (nSPS) is 23.9. The Balaban J connectivity index is 1.71. The first-order chi connectivity index (χ1) is 11.5. The van der Waals surface area contributed by atoms with Crippen molar-refractivity contribution in [2.75, 3.05) is 26.3 Å². The van der Waals surface area contributed by atoms with Gasteiger partial charge in [-0.15, -0.1) is 0 Å². The van der Waals surface area contributed by atoms with Crippen molar-refractivity contribution in [2.24, 2.45) is 0 Å². The summed E-state index contributed by atoms with van der Waals surface area (Å²) in [4.78, 5) is 14.4. The molecule has 1 aromatic rings. The number of likely N-dealkylation sites (tertiary alicyclic amines) is 1. The van der Waals surface area contributed by atoms with Gasteiger partial charge in [0.1, 0.15) is 5.82 Å². The SMILES string of the molecule is CC(C)N1CCC(NCC2(c3ccc(F)cc3)CCOCC2)C1=O. The first kappa shape index (κ1) is 17.4. The van der Waals surface area contributed by atoms with Gasteiger partial charge in [-0.2, -0.15) is 0 Å². The zero-order valence-corrected chi connectivity index (χ0v) is 14.6. The number of ether oxygens (including phenoxy) is 1. The van der Waals surface area contributed by atoms with Crippen molar-refractivity contribution in [3.05, 3.63) is 35.6 Å². The summed E-state index contributed by atoms with van der Waals surface area (Å²) in [6, 6.07) is 6.94. The van der Waals surface area contributed by atoms with Gasteiger partial charge in [-0.3, -0.25) is 4.79 Å². The van der Waals surface area contributed by atoms with Crippen LogP contribution in [0.4, 0.5) is 4.39 Å². The minimum atomic E-state index is -0.215. The Hall–Kier alpha value is -1.46. The standard InChI is InChI=1S/C19H27FN2O2/c1-14(2)22-10-7-17(18(22)23)21-13-19(8-11-24-12-9-19)15-3-5-16(20)6-4-15/h3-6,14,17,21H,7-13H2,1-2H3. The van der Waals surface area contributed by atoms with E-state index in [0.29, 0.717) is 13.2 Å². The molecule has 132 valence electrons. The molecule has 1 unspecified atom stereocenters. The summed E-state index contributed by atoms with van der Waals surface area (Å²) in [6.07, 6.45) is 2.63. The van der Waals surface area contributed by atoms with Gasteiger partial charge in [0.15, 0.2) is 0 Å². The van der Waals surface area contributed by atoms with E-state index < -0.39 is 0 Å². The molecular formula is C19H27FN2O2. The fourth-order valence-corrected chi connectivity index (χ4v) is 3.86. The number of amides is 1. The van der Waals surface area contributed by atoms with Gasteiger partial charge in [-0.05, 0) is 50.8 Å². The van der Waals surface area contributed by atoms with Crippen LogP contribution in [-0.2, 0) is 14.9 Å². The molecule has 0 aliphatic carbocycles. The monoisotopic (exact) mass is 334 g/mol. The molecule has 2 aliphatic heterocycles. The number of hydrogen-bond donors (Lipinski definition) is 1. The number of halogens is 1. The second kappa shape index (κ2) is 7.19. The van der Waals surface area contributed by atoms with E-state index in [4.69, 9.17) is 4.74 Å². The van der Waals surface area contributed by atoms with Gasteiger partial charge in [-0.1, -0.05) is 12.1 Å². The number of carbonyl (C=O) groups is 1. The van der Waals surface area contributed by atoms with Crippen LogP contribution in [0.1, 0.15) is 38.7 Å². The highest BCUT2D eigenvalue weighted by Gasteiger charge is 2.38. The highest BCUT2D eigenvalue weighted by molar-refractivity contribution is 5.84. The number of carbonyl (C=O) groups excluding carboxylic acids is 1. The summed E-state index contributed by atoms with van der Waals surface area (Å²) in [5.74, 6) is -0.0150. The van der Waals surface area contributed by atoms with E-state index in [1.807, 2.05) is 17.0 Å². The van der Waals surface area contributed by atoms with Crippen LogP contribution in [0.3, 0.4) is 0 Å². The Morgan fingerprint density at radius 2 is 1.96 bits per heavy atom. The molecular weight excluding hydrogens is 307 g/mol. The average molecular weight is 334 g/mol. The Labute approximate surface area is 143 Å². The fraction of sp³-hybridized carbons (Fsp3) is 0.632. The Kier molecular flexibility index (Phi) is 5.21. The molecule has 4 nitrogen and oxygen atoms in total. The number of nitrogens with one attached hydrogen (secondary N) is 1. The lowest BCUT2D eigenvalue weighted by atomic mass is 9.74. The molecule has 1 aromatic carbocycles. The van der Waals surface area contributed by atoms with E-state index in [0.717, 1.165) is 37.9 Å². The predicted octanol–water partition coefficient (Wildman–Crippen LogP) is 2.47. The van der Waals surface area contributed by atoms with Crippen molar-refractivity contribution in [3.63, 3.8) is 0 Å². The Morgan fingerprint density at radius 3 is 2.54 bits per heavy atom. The molecule has 3 rings (SSSR count). The largest absolute Gasteiger partial charge is 0.381 e. The molecule has 1 atom stereocenters. The van der Waals surface area contributed by atoms with E-state index in [1.54, 1.807) is 0 Å². The van der Waals surface area contributed by atoms with E-state index >= 15 is 0 Å². The molecule has 1 N–H and O–H groups in total. The van der Waals surface area contributed by atoms with Crippen molar-refractivity contribution in [3.8, 4) is 0 Å². The lowest BCUT2D eigenvalue weighted by molar-refractivity contribution is -0.130. The summed E-state index contributed by atoms with van der Waals surface area (Å²) in [6.45, 7) is 7.06. The maximum atomic E-state index is 13.3. The second-order valence-corrected chi connectivity index (χ2v) is 7.25. The van der Waals surface area contributed by atoms with Crippen molar-refractivity contribution in [1.29, 1.82) is 0 Å². The van der Waals surface area contributed by atoms with Crippen molar-refractivity contribution < 1.29 is 13.9 Å². The Bertz CT molecular complexity index is 567. The zero-order chi connectivity index (χ0) is 17.2. The van der Waals surface area contributed by atoms with Gasteiger partial charge >= 0.3 is 0 Å². The third-order valence-electron chi connectivity index (χ3n) is 5.46. The van der Waals surface area contributed by atoms with Gasteiger partial charge in [0.2, 0.25) is 5.91 Å². The molecule has 2 fully saturated rings. The minimum Gasteiger partial charge on any atom is -0.381 e. The van der Waals surface area contributed by atoms with Crippen LogP contribution in [0, 0.1) is 5.82 Å². The summed E-state index contributed by atoms with van der Waals surface area (Å²) < 4.78 is 18.8. The highest BCUT2D eigenvalue weighted by atomic mass is 19.1. The number of benzene rings is 1. The smallest absolute Gasteiger partial charge is 0.240 e. The molecule has 1 amide bonds. The van der Waals surface area contributed by atoms with E-state index in [1.165, 1.54) is 12.1 Å². The quantitative estimate of drug-likeness (QED) is 0.899. The maximum Gasteiger partial charge on any atom is 0.240 e. The molecule has 0 bridgehead atoms. The van der Waals surface area contributed by atoms with Crippen molar-refractivity contribution >= 4 is 5.91 Å². The third-order valence-corrected chi connectivity index (χ3v) is 5.46. The van der Waals surface area contributed by atoms with Crippen LogP contribution in [0.25, 0.3) is 0 Å². The Morgan fingerprint density at radius 1 is 1.29 bits per heavy atom. The maximum absolute atomic E-state index is 13.3. The average Bonchev–Trinajstić information content (AvgIpc) is 2.95. The molecule has 0 radical (unpaired) electrons. The summed E-state index contributed by atoms with van der Waals surface area (Å²) in [5.41, 5.74) is 1.04. The third kappa shape index (κ3) is 3.47. The van der Waals surface area contributed by atoms with Crippen LogP contribution in [-0.4, -0.2) is 49.2 Å². The number of hydrogen-bond acceptors (Lipinski definition) is 3. The highest BCUT2D eigenvalue weighted by Crippen LogP contribution is 2.34. The number of nitrogens with zero attached hydrogens (tertiary/aromatic N) is 1. The van der Waals surface area contributed by atoms with E-state index in [-0.39, 0.29) is 29.2 Å². The second-order valence-electron chi connectivity index (χ2n) is 7.25. The van der Waals surface area contributed by atoms with Crippen LogP contribution in [0.2, 0.25) is 0 Å². The van der Waals surface area contributed by atoms with Crippen LogP contribution < -0.4 is 5.32 Å². The van der Waals surface area contributed by atoms with Gasteiger partial charge in [0.05, 0.1) is 6.04 Å². The topological polar surface area (TPSA) is 41.6 Å². The van der Waals surface area contributed by atoms with Crippen LogP contribution in [0.5, 0.6) is 0 Å². The van der Waals surface area contributed by atoms with Crippen LogP contribution >= 0.6 is 0 Å². The lowest BCUT2D eigenvalue weighted by Crippen LogP contribution is -2.48. The molecule has 2 saturated heterocycles. The van der Waals surface area contributed by atoms with E-state index in [2.05, 4.69) is 19.2 Å². The van der Waals surface area contributed by atoms with Gasteiger partial charge in [0.25, 0.3) is 0 Å². The van der Waals surface area contributed by atoms with E-state index in [9.17, 15) is 9.18 Å². The molecule has 2 aliphatic rings. The first-order valence-corrected chi connectivity index (χ1v) is 8.89. The summed E-state index contributed by atoms with van der Waals surface area (Å²) in [7, 11) is 0. The zero-order valence-electron chi connectivity index (χ0n) is 14.6. The molecule has 0 saturated carbocycles. The molecule has 0 aromatic heterocycles. The van der Waals surface area contributed by atoms with Crippen molar-refractivity contribution in [1.82, 2.24) is 10.2 Å². The van der Waals surface area contributed by atoms with Crippen LogP contribution in [0.15, 0.2) is 24.3 Å². The number of rotatable bonds is 5. The molecule has 2 heterocycles. The predicted molar refractivity (Wildman–Crippen MR) is 91.4 cm³/mol. The summed E-state index contributed by atoms with van der Waals surface area (Å²) in [5, 5.41) is 3.50. The fourth-order valence-electron chi connectivity index (χ4n) is 3.86. The van der Waals surface area contributed by atoms with Gasteiger partial charge < -0.3 is 15.0 Å². The van der Waals surface area contributed by atoms with Gasteiger partial charge in [-0.25, -0.2) is 4.39 Å². The van der Waals surface area contributed by atoms with Crippen molar-refractivity contribution in [2.45, 2.75) is 50.6 Å². The van der Waals surface area contributed by atoms with Gasteiger partial charge in [0, 0.05) is 37.8 Å².